The molecule has 2 amide bonds. The number of carbonyl (C=O) groups excluding carboxylic acids is 3. The number of aromatic hydroxyl groups is 1. The van der Waals surface area contributed by atoms with E-state index in [2.05, 4.69) is 10.6 Å². The summed E-state index contributed by atoms with van der Waals surface area (Å²) in [7, 11) is 0. The molecule has 0 radical (unpaired) electrons. The average Bonchev–Trinajstić information content (AvgIpc) is 2.83. The van der Waals surface area contributed by atoms with Crippen molar-refractivity contribution < 1.29 is 29.4 Å². The number of rotatable bonds is 7. The molecule has 36 heavy (non-hydrogen) atoms. The number of hydrogen-bond donors (Lipinski definition) is 5. The Morgan fingerprint density at radius 2 is 1.64 bits per heavy atom. The first kappa shape index (κ1) is 25.3. The van der Waals surface area contributed by atoms with E-state index in [1.165, 1.54) is 32.0 Å². The van der Waals surface area contributed by atoms with E-state index in [4.69, 9.17) is 10.7 Å². The summed E-state index contributed by atoms with van der Waals surface area (Å²) in [4.78, 5) is 48.1. The fraction of sp³-hybridized carbons (Fsp3) is 0.0769. The molecule has 0 aliphatic rings. The first-order valence-corrected chi connectivity index (χ1v) is 10.5. The van der Waals surface area contributed by atoms with Crippen molar-refractivity contribution in [1.82, 2.24) is 0 Å². The quantitative estimate of drug-likeness (QED) is 0.250. The Kier molecular flexibility index (Phi) is 7.26. The second kappa shape index (κ2) is 10.3. The molecule has 3 aromatic rings. The third-order valence-corrected chi connectivity index (χ3v) is 5.13. The van der Waals surface area contributed by atoms with Crippen LogP contribution in [-0.4, -0.2) is 39.5 Å². The Morgan fingerprint density at radius 3 is 2.25 bits per heavy atom. The lowest BCUT2D eigenvalue weighted by Crippen LogP contribution is -2.24. The van der Waals surface area contributed by atoms with Gasteiger partial charge in [-0.1, -0.05) is 12.1 Å². The zero-order valence-electron chi connectivity index (χ0n) is 19.2. The minimum absolute atomic E-state index is 0.0732. The molecule has 0 aromatic heterocycles. The van der Waals surface area contributed by atoms with E-state index in [9.17, 15) is 29.4 Å². The highest BCUT2D eigenvalue weighted by Crippen LogP contribution is 2.33. The topological polar surface area (TPSA) is 180 Å². The Labute approximate surface area is 205 Å². The first-order chi connectivity index (χ1) is 17.0. The third kappa shape index (κ3) is 5.43. The van der Waals surface area contributed by atoms with Crippen LogP contribution in [0.25, 0.3) is 11.1 Å². The van der Waals surface area contributed by atoms with Gasteiger partial charge in [0.2, 0.25) is 5.91 Å². The van der Waals surface area contributed by atoms with Gasteiger partial charge in [-0.3, -0.25) is 19.8 Å². The largest absolute Gasteiger partial charge is 0.507 e. The van der Waals surface area contributed by atoms with Crippen LogP contribution >= 0.6 is 0 Å². The van der Waals surface area contributed by atoms with Gasteiger partial charge in [0.1, 0.15) is 11.5 Å². The predicted octanol–water partition coefficient (Wildman–Crippen LogP) is 3.80. The zero-order valence-corrected chi connectivity index (χ0v) is 19.2. The summed E-state index contributed by atoms with van der Waals surface area (Å²) in [5.74, 6) is -3.58. The molecule has 3 rings (SSSR count). The monoisotopic (exact) mass is 484 g/mol. The molecular weight excluding hydrogens is 464 g/mol. The Hall–Kier alpha value is -5.30. The lowest BCUT2D eigenvalue weighted by molar-refractivity contribution is -0.114. The highest BCUT2D eigenvalue weighted by Gasteiger charge is 2.22. The maximum absolute atomic E-state index is 12.8. The van der Waals surface area contributed by atoms with Gasteiger partial charge in [-0.05, 0) is 60.5 Å². The van der Waals surface area contributed by atoms with Crippen LogP contribution in [0.15, 0.2) is 54.6 Å². The van der Waals surface area contributed by atoms with Crippen LogP contribution in [0.3, 0.4) is 0 Å². The Morgan fingerprint density at radius 1 is 0.917 bits per heavy atom. The molecule has 0 bridgehead atoms. The number of benzene rings is 3. The lowest BCUT2D eigenvalue weighted by atomic mass is 9.92. The van der Waals surface area contributed by atoms with Crippen LogP contribution in [0.2, 0.25) is 0 Å². The molecule has 0 fully saturated rings. The van der Waals surface area contributed by atoms with Gasteiger partial charge in [-0.2, -0.15) is 5.26 Å². The molecule has 0 spiro atoms. The Balaban J connectivity index is 2.04. The van der Waals surface area contributed by atoms with Gasteiger partial charge in [-0.25, -0.2) is 4.79 Å². The van der Waals surface area contributed by atoms with Crippen molar-refractivity contribution in [3.05, 3.63) is 76.9 Å². The number of carboxylic acid groups (broad SMARTS) is 1. The zero-order chi connectivity index (χ0) is 26.6. The Bertz CT molecular complexity index is 1490. The van der Waals surface area contributed by atoms with Crippen molar-refractivity contribution in [1.29, 1.82) is 10.7 Å². The van der Waals surface area contributed by atoms with E-state index in [-0.39, 0.29) is 39.6 Å². The molecule has 0 heterocycles. The number of hydrogen-bond acceptors (Lipinski definition) is 7. The molecule has 5 N–H and O–H groups in total. The second-order valence-electron chi connectivity index (χ2n) is 7.74. The average molecular weight is 484 g/mol. The van der Waals surface area contributed by atoms with Crippen LogP contribution < -0.4 is 10.6 Å². The lowest BCUT2D eigenvalue weighted by Gasteiger charge is -2.15. The number of nitrogens with one attached hydrogen (secondary N) is 3. The van der Waals surface area contributed by atoms with Gasteiger partial charge in [0, 0.05) is 23.7 Å². The van der Waals surface area contributed by atoms with Crippen LogP contribution in [-0.2, 0) is 9.59 Å². The third-order valence-electron chi connectivity index (χ3n) is 5.13. The van der Waals surface area contributed by atoms with E-state index in [1.54, 1.807) is 24.3 Å². The van der Waals surface area contributed by atoms with Crippen molar-refractivity contribution in [2.24, 2.45) is 0 Å². The molecule has 0 saturated carbocycles. The summed E-state index contributed by atoms with van der Waals surface area (Å²) >= 11 is 0. The number of nitriles is 1. The highest BCUT2D eigenvalue weighted by molar-refractivity contribution is 6.48. The summed E-state index contributed by atoms with van der Waals surface area (Å²) in [5.41, 5.74) is 0.0743. The van der Waals surface area contributed by atoms with Gasteiger partial charge >= 0.3 is 5.97 Å². The fourth-order valence-corrected chi connectivity index (χ4v) is 3.49. The molecule has 10 heteroatoms. The van der Waals surface area contributed by atoms with Crippen LogP contribution in [0.5, 0.6) is 5.75 Å². The highest BCUT2D eigenvalue weighted by atomic mass is 16.4. The SMILES string of the molecule is CC(=O)Nc1cccc(-c2cc(C(=N)C(=O)Nc3ccc(C#N)cc3C(=O)O)c(O)cc2C(C)=O)c1. The van der Waals surface area contributed by atoms with E-state index in [1.807, 2.05) is 6.07 Å². The van der Waals surface area contributed by atoms with Gasteiger partial charge < -0.3 is 20.8 Å². The van der Waals surface area contributed by atoms with Gasteiger partial charge in [0.25, 0.3) is 5.91 Å². The van der Waals surface area contributed by atoms with E-state index in [0.717, 1.165) is 12.1 Å². The van der Waals surface area contributed by atoms with Crippen molar-refractivity contribution in [3.8, 4) is 22.9 Å². The molecule has 0 saturated heterocycles. The number of Topliss-reactive ketones (excluding diaryl/α,β-unsaturated/α-hetero) is 1. The number of phenols is 1. The molecule has 0 unspecified atom stereocenters. The number of amides is 2. The van der Waals surface area contributed by atoms with Crippen molar-refractivity contribution in [2.45, 2.75) is 13.8 Å². The summed E-state index contributed by atoms with van der Waals surface area (Å²) in [5, 5.41) is 42.2. The normalized spacial score (nSPS) is 10.1. The molecule has 180 valence electrons. The molecule has 10 nitrogen and oxygen atoms in total. The van der Waals surface area contributed by atoms with Gasteiger partial charge in [0.05, 0.1) is 22.9 Å². The summed E-state index contributed by atoms with van der Waals surface area (Å²) < 4.78 is 0. The smallest absolute Gasteiger partial charge is 0.337 e. The molecule has 0 aliphatic carbocycles. The number of nitrogens with zero attached hydrogens (tertiary/aromatic N) is 1. The molecule has 0 aliphatic heterocycles. The number of carbonyl (C=O) groups is 4. The van der Waals surface area contributed by atoms with Crippen LogP contribution in [0, 0.1) is 16.7 Å². The van der Waals surface area contributed by atoms with E-state index in [0.29, 0.717) is 16.8 Å². The van der Waals surface area contributed by atoms with Crippen molar-refractivity contribution in [3.63, 3.8) is 0 Å². The van der Waals surface area contributed by atoms with E-state index < -0.39 is 23.3 Å². The van der Waals surface area contributed by atoms with Gasteiger partial charge in [0.15, 0.2) is 5.78 Å². The summed E-state index contributed by atoms with van der Waals surface area (Å²) in [6.07, 6.45) is 0. The maximum Gasteiger partial charge on any atom is 0.337 e. The number of ketones is 1. The standard InChI is InChI=1S/C26H20N4O6/c1-13(31)18-11-23(33)21(10-19(18)16-4-3-5-17(9-16)29-14(2)32)24(28)25(34)30-22-7-6-15(12-27)8-20(22)26(35)36/h3-11,28,33H,1-2H3,(H,29,32)(H,30,34)(H,35,36). The second-order valence-corrected chi connectivity index (χ2v) is 7.74. The number of aromatic carboxylic acids is 1. The fourth-order valence-electron chi connectivity index (χ4n) is 3.49. The van der Waals surface area contributed by atoms with Gasteiger partial charge in [-0.15, -0.1) is 0 Å². The summed E-state index contributed by atoms with van der Waals surface area (Å²) in [6.45, 7) is 2.64. The number of phenolic OH excluding ortho intramolecular Hbond substituents is 1. The molecule has 3 aromatic carbocycles. The minimum atomic E-state index is -1.39. The number of carboxylic acids is 1. The van der Waals surface area contributed by atoms with Crippen LogP contribution in [0.1, 0.15) is 45.7 Å². The van der Waals surface area contributed by atoms with Crippen LogP contribution in [0.4, 0.5) is 11.4 Å². The first-order valence-electron chi connectivity index (χ1n) is 10.5. The van der Waals surface area contributed by atoms with Crippen molar-refractivity contribution >= 4 is 40.7 Å². The van der Waals surface area contributed by atoms with E-state index >= 15 is 0 Å². The summed E-state index contributed by atoms with van der Waals surface area (Å²) in [6, 6.07) is 14.4. The number of anilines is 2. The maximum atomic E-state index is 12.8. The molecular formula is C26H20N4O6. The van der Waals surface area contributed by atoms with Crippen molar-refractivity contribution in [2.75, 3.05) is 10.6 Å². The molecule has 0 atom stereocenters. The predicted molar refractivity (Wildman–Crippen MR) is 131 cm³/mol. The minimum Gasteiger partial charge on any atom is -0.507 e.